The van der Waals surface area contributed by atoms with Crippen molar-refractivity contribution in [3.63, 3.8) is 0 Å². The molecule has 14 nitrogen and oxygen atoms in total. The summed E-state index contributed by atoms with van der Waals surface area (Å²) in [5.74, 6) is -5.64. The molecule has 2 rings (SSSR count). The number of rotatable bonds is 26. The Kier molecular flexibility index (Phi) is 20.6. The lowest BCUT2D eigenvalue weighted by Crippen LogP contribution is -2.44. The van der Waals surface area contributed by atoms with Crippen LogP contribution in [0.25, 0.3) is 11.1 Å². The molecular weight excluding hydrogens is 747 g/mol. The Labute approximate surface area is 332 Å². The van der Waals surface area contributed by atoms with Gasteiger partial charge in [0, 0.05) is 16.7 Å². The van der Waals surface area contributed by atoms with E-state index in [0.717, 1.165) is 46.3 Å². The zero-order valence-electron chi connectivity index (χ0n) is 33.4. The zero-order valence-corrected chi connectivity index (χ0v) is 33.4. The summed E-state index contributed by atoms with van der Waals surface area (Å²) in [7, 11) is 2.17. The van der Waals surface area contributed by atoms with Gasteiger partial charge >= 0.3 is 35.8 Å². The summed E-state index contributed by atoms with van der Waals surface area (Å²) in [6.45, 7) is 9.94. The summed E-state index contributed by atoms with van der Waals surface area (Å²) in [6, 6.07) is 9.31. The van der Waals surface area contributed by atoms with Gasteiger partial charge in [-0.2, -0.15) is 0 Å². The van der Waals surface area contributed by atoms with Crippen LogP contribution in [0.15, 0.2) is 60.7 Å². The van der Waals surface area contributed by atoms with Crippen LogP contribution < -0.4 is 9.47 Å². The summed E-state index contributed by atoms with van der Waals surface area (Å²) in [5.41, 5.74) is -0.171. The molecule has 2 aromatic carbocycles. The van der Waals surface area contributed by atoms with Gasteiger partial charge in [0.15, 0.2) is 11.6 Å². The molecule has 0 aliphatic carbocycles. The standard InChI is InChI=1S/C42H53FO14/c1-8-9-10-11-12-13-18-52-35-17-15-31(20-33(35)43)30-14-16-34(32(19-30)23-53-40(48)28(2)3)54-24-42(27-57-41(49)29(4)5,25-55-38(46)21-36(44)50-6)26-56-39(47)22-37(45)51-7/h14-17,19-20H,2,4,8-13,18,21-27H2,1,3,5-7H3. The molecule has 0 saturated heterocycles. The lowest BCUT2D eigenvalue weighted by atomic mass is 9.92. The second-order valence-electron chi connectivity index (χ2n) is 13.4. The lowest BCUT2D eigenvalue weighted by molar-refractivity contribution is -0.165. The summed E-state index contributed by atoms with van der Waals surface area (Å²) < 4.78 is 57.6. The van der Waals surface area contributed by atoms with E-state index >= 15 is 4.39 Å². The first-order valence-corrected chi connectivity index (χ1v) is 18.4. The van der Waals surface area contributed by atoms with Gasteiger partial charge in [0.25, 0.3) is 0 Å². The predicted octanol–water partition coefficient (Wildman–Crippen LogP) is 6.55. The fraction of sp³-hybridized carbons (Fsp3) is 0.476. The van der Waals surface area contributed by atoms with Crippen LogP contribution in [0.5, 0.6) is 11.5 Å². The molecule has 57 heavy (non-hydrogen) atoms. The first-order valence-electron chi connectivity index (χ1n) is 18.4. The number of hydrogen-bond acceptors (Lipinski definition) is 14. The third-order valence-corrected chi connectivity index (χ3v) is 8.29. The second-order valence-corrected chi connectivity index (χ2v) is 13.4. The van der Waals surface area contributed by atoms with Crippen LogP contribution in [0.3, 0.4) is 0 Å². The van der Waals surface area contributed by atoms with Crippen molar-refractivity contribution in [3.8, 4) is 22.6 Å². The van der Waals surface area contributed by atoms with Crippen LogP contribution in [0.2, 0.25) is 0 Å². The van der Waals surface area contributed by atoms with Crippen molar-refractivity contribution >= 4 is 35.8 Å². The topological polar surface area (TPSA) is 176 Å². The van der Waals surface area contributed by atoms with Crippen molar-refractivity contribution in [3.05, 3.63) is 72.1 Å². The first-order chi connectivity index (χ1) is 27.1. The van der Waals surface area contributed by atoms with E-state index in [1.807, 2.05) is 0 Å². The third-order valence-electron chi connectivity index (χ3n) is 8.29. The van der Waals surface area contributed by atoms with E-state index in [9.17, 15) is 28.8 Å². The molecule has 2 aromatic rings. The van der Waals surface area contributed by atoms with Crippen molar-refractivity contribution in [2.75, 3.05) is 47.3 Å². The summed E-state index contributed by atoms with van der Waals surface area (Å²) in [5, 5.41) is 0. The fourth-order valence-corrected chi connectivity index (χ4v) is 4.91. The smallest absolute Gasteiger partial charge is 0.333 e. The van der Waals surface area contributed by atoms with Crippen molar-refractivity contribution in [2.45, 2.75) is 78.7 Å². The van der Waals surface area contributed by atoms with Crippen molar-refractivity contribution in [2.24, 2.45) is 5.41 Å². The van der Waals surface area contributed by atoms with Gasteiger partial charge in [-0.1, -0.05) is 64.3 Å². The Bertz CT molecular complexity index is 1700. The van der Waals surface area contributed by atoms with E-state index in [1.54, 1.807) is 18.2 Å². The average Bonchev–Trinajstić information content (AvgIpc) is 3.19. The molecule has 0 unspecified atom stereocenters. The summed E-state index contributed by atoms with van der Waals surface area (Å²) in [4.78, 5) is 73.5. The van der Waals surface area contributed by atoms with E-state index in [0.29, 0.717) is 23.3 Å². The third kappa shape index (κ3) is 17.3. The highest BCUT2D eigenvalue weighted by atomic mass is 19.1. The highest BCUT2D eigenvalue weighted by Crippen LogP contribution is 2.32. The molecule has 0 aliphatic rings. The predicted molar refractivity (Wildman–Crippen MR) is 204 cm³/mol. The lowest BCUT2D eigenvalue weighted by Gasteiger charge is -2.32. The minimum atomic E-state index is -1.65. The molecule has 0 saturated carbocycles. The molecule has 0 spiro atoms. The fourth-order valence-electron chi connectivity index (χ4n) is 4.91. The van der Waals surface area contributed by atoms with Crippen molar-refractivity contribution in [1.82, 2.24) is 0 Å². The van der Waals surface area contributed by atoms with E-state index in [1.165, 1.54) is 38.5 Å². The van der Waals surface area contributed by atoms with Crippen LogP contribution in [-0.2, 0) is 63.8 Å². The van der Waals surface area contributed by atoms with Crippen molar-refractivity contribution in [1.29, 1.82) is 0 Å². The Morgan fingerprint density at radius 2 is 1.12 bits per heavy atom. The number of benzene rings is 2. The van der Waals surface area contributed by atoms with Gasteiger partial charge in [0.1, 0.15) is 57.0 Å². The molecule has 0 N–H and O–H groups in total. The van der Waals surface area contributed by atoms with Crippen LogP contribution in [0.4, 0.5) is 4.39 Å². The number of ether oxygens (including phenoxy) is 8. The molecule has 0 fully saturated rings. The maximum atomic E-state index is 15.2. The van der Waals surface area contributed by atoms with Gasteiger partial charge < -0.3 is 37.9 Å². The largest absolute Gasteiger partial charge is 0.492 e. The van der Waals surface area contributed by atoms with Gasteiger partial charge in [-0.3, -0.25) is 19.2 Å². The monoisotopic (exact) mass is 800 g/mol. The molecule has 0 aromatic heterocycles. The normalized spacial score (nSPS) is 10.8. The maximum Gasteiger partial charge on any atom is 0.333 e. The zero-order chi connectivity index (χ0) is 42.4. The second kappa shape index (κ2) is 24.7. The maximum absolute atomic E-state index is 15.2. The molecule has 312 valence electrons. The van der Waals surface area contributed by atoms with Crippen molar-refractivity contribution < 1.29 is 71.1 Å². The molecule has 0 amide bonds. The molecule has 0 heterocycles. The molecule has 15 heteroatoms. The van der Waals surface area contributed by atoms with Gasteiger partial charge in [0.2, 0.25) is 0 Å². The number of esters is 6. The van der Waals surface area contributed by atoms with Crippen LogP contribution in [-0.4, -0.2) is 83.1 Å². The van der Waals surface area contributed by atoms with Gasteiger partial charge in [-0.05, 0) is 55.7 Å². The van der Waals surface area contributed by atoms with E-state index < -0.39 is 86.3 Å². The summed E-state index contributed by atoms with van der Waals surface area (Å²) >= 11 is 0. The number of carbonyl (C=O) groups excluding carboxylic acids is 6. The van der Waals surface area contributed by atoms with Gasteiger partial charge in [0.05, 0.1) is 20.8 Å². The number of hydrogen-bond donors (Lipinski definition) is 0. The summed E-state index contributed by atoms with van der Waals surface area (Å²) in [6.07, 6.45) is 4.88. The molecule has 0 radical (unpaired) electrons. The number of halogens is 1. The average molecular weight is 801 g/mol. The van der Waals surface area contributed by atoms with E-state index in [4.69, 9.17) is 28.4 Å². The quantitative estimate of drug-likeness (QED) is 0.0329. The Morgan fingerprint density at radius 3 is 1.67 bits per heavy atom. The van der Waals surface area contributed by atoms with Crippen LogP contribution in [0, 0.1) is 11.2 Å². The van der Waals surface area contributed by atoms with Gasteiger partial charge in [-0.15, -0.1) is 0 Å². The number of unbranched alkanes of at least 4 members (excludes halogenated alkanes) is 5. The molecule has 0 bridgehead atoms. The Balaban J connectivity index is 2.47. The SMILES string of the molecule is C=C(C)C(=O)OCc1cc(-c2ccc(OCCCCCCCC)c(F)c2)ccc1OCC(COC(=O)CC(=O)OC)(COC(=O)CC(=O)OC)COC(=O)C(=C)C. The van der Waals surface area contributed by atoms with E-state index in [-0.39, 0.29) is 29.3 Å². The first kappa shape index (κ1) is 47.4. The highest BCUT2D eigenvalue weighted by molar-refractivity contribution is 5.91. The Morgan fingerprint density at radius 1 is 0.614 bits per heavy atom. The van der Waals surface area contributed by atoms with Crippen LogP contribution in [0.1, 0.15) is 77.7 Å². The number of methoxy groups -OCH3 is 2. The number of carbonyl (C=O) groups is 6. The highest BCUT2D eigenvalue weighted by Gasteiger charge is 2.38. The minimum absolute atomic E-state index is 0.0289. The van der Waals surface area contributed by atoms with Gasteiger partial charge in [-0.25, -0.2) is 14.0 Å². The van der Waals surface area contributed by atoms with Crippen LogP contribution >= 0.6 is 0 Å². The molecule has 0 atom stereocenters. The minimum Gasteiger partial charge on any atom is -0.492 e. The molecular formula is C42H53FO14. The Hall–Kier alpha value is -5.73. The van der Waals surface area contributed by atoms with E-state index in [2.05, 4.69) is 29.6 Å². The molecule has 0 aliphatic heterocycles.